The summed E-state index contributed by atoms with van der Waals surface area (Å²) in [6.07, 6.45) is 0. The van der Waals surface area contributed by atoms with Gasteiger partial charge in [-0.3, -0.25) is 4.72 Å². The SMILES string of the molecule is Cc1ccc(F)cc1S(=O)(=O)Nc1ccc(F)c(C)c1F. The first-order chi connectivity index (χ1) is 9.72. The van der Waals surface area contributed by atoms with Gasteiger partial charge in [-0.05, 0) is 43.7 Å². The van der Waals surface area contributed by atoms with Gasteiger partial charge in [0.25, 0.3) is 10.0 Å². The summed E-state index contributed by atoms with van der Waals surface area (Å²) in [4.78, 5) is -0.302. The number of sulfonamides is 1. The molecule has 2 aromatic rings. The van der Waals surface area contributed by atoms with Crippen LogP contribution in [0.4, 0.5) is 18.9 Å². The van der Waals surface area contributed by atoms with E-state index in [0.29, 0.717) is 5.56 Å². The molecule has 0 bridgehead atoms. The van der Waals surface area contributed by atoms with Gasteiger partial charge in [-0.1, -0.05) is 6.07 Å². The van der Waals surface area contributed by atoms with Crippen molar-refractivity contribution < 1.29 is 21.6 Å². The number of hydrogen-bond acceptors (Lipinski definition) is 2. The molecule has 21 heavy (non-hydrogen) atoms. The van der Waals surface area contributed by atoms with Gasteiger partial charge in [-0.25, -0.2) is 21.6 Å². The maximum atomic E-state index is 13.8. The van der Waals surface area contributed by atoms with Crippen molar-refractivity contribution >= 4 is 15.7 Å². The first kappa shape index (κ1) is 15.4. The van der Waals surface area contributed by atoms with Crippen LogP contribution in [0.25, 0.3) is 0 Å². The highest BCUT2D eigenvalue weighted by atomic mass is 32.2. The monoisotopic (exact) mass is 315 g/mol. The molecule has 0 radical (unpaired) electrons. The lowest BCUT2D eigenvalue weighted by atomic mass is 10.2. The van der Waals surface area contributed by atoms with Gasteiger partial charge in [0.2, 0.25) is 0 Å². The van der Waals surface area contributed by atoms with E-state index in [2.05, 4.69) is 0 Å². The van der Waals surface area contributed by atoms with Gasteiger partial charge in [0.05, 0.1) is 10.6 Å². The van der Waals surface area contributed by atoms with Crippen LogP contribution in [-0.4, -0.2) is 8.42 Å². The van der Waals surface area contributed by atoms with E-state index in [4.69, 9.17) is 0 Å². The van der Waals surface area contributed by atoms with E-state index in [-0.39, 0.29) is 10.5 Å². The maximum Gasteiger partial charge on any atom is 0.262 e. The molecule has 0 aromatic heterocycles. The van der Waals surface area contributed by atoms with Crippen LogP contribution in [0.15, 0.2) is 35.2 Å². The molecule has 3 nitrogen and oxygen atoms in total. The van der Waals surface area contributed by atoms with Crippen LogP contribution in [0, 0.1) is 31.3 Å². The van der Waals surface area contributed by atoms with Gasteiger partial charge >= 0.3 is 0 Å². The lowest BCUT2D eigenvalue weighted by Gasteiger charge is -2.12. The lowest BCUT2D eigenvalue weighted by Crippen LogP contribution is -2.16. The molecule has 0 heterocycles. The highest BCUT2D eigenvalue weighted by Gasteiger charge is 2.20. The fraction of sp³-hybridized carbons (Fsp3) is 0.143. The predicted molar refractivity (Wildman–Crippen MR) is 73.0 cm³/mol. The molecule has 0 saturated heterocycles. The zero-order valence-electron chi connectivity index (χ0n) is 11.2. The highest BCUT2D eigenvalue weighted by Crippen LogP contribution is 2.24. The second kappa shape index (κ2) is 5.40. The van der Waals surface area contributed by atoms with Gasteiger partial charge < -0.3 is 0 Å². The van der Waals surface area contributed by atoms with Crippen LogP contribution in [0.5, 0.6) is 0 Å². The minimum atomic E-state index is -4.17. The van der Waals surface area contributed by atoms with E-state index in [1.54, 1.807) is 0 Å². The van der Waals surface area contributed by atoms with Crippen LogP contribution < -0.4 is 4.72 Å². The molecular weight excluding hydrogens is 303 g/mol. The molecule has 2 aromatic carbocycles. The zero-order valence-corrected chi connectivity index (χ0v) is 12.1. The predicted octanol–water partition coefficient (Wildman–Crippen LogP) is 3.52. The second-order valence-corrected chi connectivity index (χ2v) is 6.20. The van der Waals surface area contributed by atoms with Crippen LogP contribution in [0.2, 0.25) is 0 Å². The van der Waals surface area contributed by atoms with Crippen LogP contribution in [0.1, 0.15) is 11.1 Å². The Bertz CT molecular complexity index is 804. The molecule has 7 heteroatoms. The minimum Gasteiger partial charge on any atom is -0.277 e. The first-order valence-corrected chi connectivity index (χ1v) is 7.44. The Labute approximate surface area is 120 Å². The summed E-state index contributed by atoms with van der Waals surface area (Å²) in [5.41, 5.74) is -0.383. The molecule has 0 unspecified atom stereocenters. The number of hydrogen-bond donors (Lipinski definition) is 1. The van der Waals surface area contributed by atoms with Crippen molar-refractivity contribution in [3.05, 3.63) is 58.9 Å². The summed E-state index contributed by atoms with van der Waals surface area (Å²) in [6.45, 7) is 2.68. The summed E-state index contributed by atoms with van der Waals surface area (Å²) >= 11 is 0. The number of rotatable bonds is 3. The Morgan fingerprint density at radius 1 is 1.00 bits per heavy atom. The normalized spacial score (nSPS) is 11.5. The number of aryl methyl sites for hydroxylation is 1. The topological polar surface area (TPSA) is 46.2 Å². The Balaban J connectivity index is 2.47. The van der Waals surface area contributed by atoms with E-state index in [9.17, 15) is 21.6 Å². The van der Waals surface area contributed by atoms with Crippen molar-refractivity contribution in [2.45, 2.75) is 18.7 Å². The summed E-state index contributed by atoms with van der Waals surface area (Å²) < 4.78 is 66.6. The Kier molecular flexibility index (Phi) is 3.95. The Hall–Kier alpha value is -2.02. The molecule has 1 N–H and O–H groups in total. The molecule has 0 atom stereocenters. The smallest absolute Gasteiger partial charge is 0.262 e. The summed E-state index contributed by atoms with van der Waals surface area (Å²) in [5.74, 6) is -2.51. The third-order valence-electron chi connectivity index (χ3n) is 3.00. The third kappa shape index (κ3) is 3.02. The van der Waals surface area contributed by atoms with Crippen molar-refractivity contribution in [2.75, 3.05) is 4.72 Å². The van der Waals surface area contributed by atoms with Crippen molar-refractivity contribution in [3.8, 4) is 0 Å². The number of benzene rings is 2. The van der Waals surface area contributed by atoms with Gasteiger partial charge in [0, 0.05) is 5.56 Å². The molecule has 0 spiro atoms. The lowest BCUT2D eigenvalue weighted by molar-refractivity contribution is 0.569. The van der Waals surface area contributed by atoms with Gasteiger partial charge in [0.15, 0.2) is 5.82 Å². The van der Waals surface area contributed by atoms with Crippen molar-refractivity contribution in [1.29, 1.82) is 0 Å². The van der Waals surface area contributed by atoms with Crippen LogP contribution in [0.3, 0.4) is 0 Å². The van der Waals surface area contributed by atoms with E-state index in [0.717, 1.165) is 24.3 Å². The molecule has 0 saturated carbocycles. The van der Waals surface area contributed by atoms with Crippen molar-refractivity contribution in [1.82, 2.24) is 0 Å². The van der Waals surface area contributed by atoms with Gasteiger partial charge in [-0.15, -0.1) is 0 Å². The summed E-state index contributed by atoms with van der Waals surface area (Å²) in [6, 6.07) is 5.19. The average molecular weight is 315 g/mol. The van der Waals surface area contributed by atoms with Gasteiger partial charge in [0.1, 0.15) is 11.6 Å². The van der Waals surface area contributed by atoms with Crippen LogP contribution in [-0.2, 0) is 10.0 Å². The molecule has 0 aliphatic heterocycles. The second-order valence-electron chi connectivity index (χ2n) is 4.55. The minimum absolute atomic E-state index is 0.300. The van der Waals surface area contributed by atoms with E-state index >= 15 is 0 Å². The molecule has 112 valence electrons. The molecular formula is C14H12F3NO2S. The average Bonchev–Trinajstić information content (AvgIpc) is 2.42. The van der Waals surface area contributed by atoms with E-state index in [1.165, 1.54) is 19.9 Å². The van der Waals surface area contributed by atoms with E-state index in [1.807, 2.05) is 4.72 Å². The van der Waals surface area contributed by atoms with E-state index < -0.39 is 33.2 Å². The molecule has 0 fully saturated rings. The van der Waals surface area contributed by atoms with Crippen molar-refractivity contribution in [2.24, 2.45) is 0 Å². The maximum absolute atomic E-state index is 13.8. The molecule has 0 aliphatic carbocycles. The largest absolute Gasteiger partial charge is 0.277 e. The van der Waals surface area contributed by atoms with Crippen molar-refractivity contribution in [3.63, 3.8) is 0 Å². The molecule has 0 amide bonds. The third-order valence-corrected chi connectivity index (χ3v) is 4.51. The number of halogens is 3. The summed E-state index contributed by atoms with van der Waals surface area (Å²) in [7, 11) is -4.17. The molecule has 2 rings (SSSR count). The van der Waals surface area contributed by atoms with Gasteiger partial charge in [-0.2, -0.15) is 0 Å². The fourth-order valence-corrected chi connectivity index (χ4v) is 3.12. The Morgan fingerprint density at radius 3 is 2.33 bits per heavy atom. The fourth-order valence-electron chi connectivity index (χ4n) is 1.80. The molecule has 0 aliphatic rings. The standard InChI is InChI=1S/C14H12F3NO2S/c1-8-3-4-10(15)7-13(8)21(19,20)18-12-6-5-11(16)9(2)14(12)17/h3-7,18H,1-2H3. The highest BCUT2D eigenvalue weighted by molar-refractivity contribution is 7.92. The number of anilines is 1. The number of nitrogens with one attached hydrogen (secondary N) is 1. The quantitative estimate of drug-likeness (QED) is 0.942. The zero-order chi connectivity index (χ0) is 15.8. The first-order valence-electron chi connectivity index (χ1n) is 5.96. The summed E-state index contributed by atoms with van der Waals surface area (Å²) in [5, 5.41) is 0. The van der Waals surface area contributed by atoms with Crippen LogP contribution >= 0.6 is 0 Å². The Morgan fingerprint density at radius 2 is 1.67 bits per heavy atom.